The number of ether oxygens (including phenoxy) is 1. The van der Waals surface area contributed by atoms with Gasteiger partial charge in [-0.3, -0.25) is 0 Å². The zero-order chi connectivity index (χ0) is 14.2. The molecule has 114 valence electrons. The third-order valence-electron chi connectivity index (χ3n) is 3.48. The topological polar surface area (TPSA) is 74.2 Å². The van der Waals surface area contributed by atoms with Gasteiger partial charge in [0.25, 0.3) is 0 Å². The molecule has 1 heterocycles. The Morgan fingerprint density at radius 1 is 1.43 bits per heavy atom. The summed E-state index contributed by atoms with van der Waals surface area (Å²) >= 11 is 0. The van der Waals surface area contributed by atoms with E-state index in [0.29, 0.717) is 6.42 Å². The summed E-state index contributed by atoms with van der Waals surface area (Å²) in [6.45, 7) is 1.88. The number of rotatable bonds is 4. The summed E-state index contributed by atoms with van der Waals surface area (Å²) in [4.78, 5) is 11.8. The van der Waals surface area contributed by atoms with Crippen LogP contribution in [0.4, 0.5) is 4.79 Å². The van der Waals surface area contributed by atoms with Crippen molar-refractivity contribution in [2.75, 3.05) is 13.1 Å². The van der Waals surface area contributed by atoms with Gasteiger partial charge in [0.05, 0.1) is 6.07 Å². The highest BCUT2D eigenvalue weighted by atomic mass is 35.5. The van der Waals surface area contributed by atoms with Crippen molar-refractivity contribution in [2.45, 2.75) is 25.5 Å². The van der Waals surface area contributed by atoms with Gasteiger partial charge in [-0.2, -0.15) is 5.26 Å². The number of carbonyl (C=O) groups is 1. The van der Waals surface area contributed by atoms with E-state index in [4.69, 9.17) is 10.00 Å². The lowest BCUT2D eigenvalue weighted by Gasteiger charge is -2.30. The number of halogens is 1. The van der Waals surface area contributed by atoms with Crippen molar-refractivity contribution in [1.29, 1.82) is 5.26 Å². The fourth-order valence-electron chi connectivity index (χ4n) is 2.36. The van der Waals surface area contributed by atoms with Gasteiger partial charge in [0.1, 0.15) is 6.61 Å². The van der Waals surface area contributed by atoms with Crippen LogP contribution < -0.4 is 10.6 Å². The minimum absolute atomic E-state index is 0. The quantitative estimate of drug-likeness (QED) is 0.894. The summed E-state index contributed by atoms with van der Waals surface area (Å²) < 4.78 is 5.20. The molecule has 0 radical (unpaired) electrons. The van der Waals surface area contributed by atoms with E-state index in [9.17, 15) is 4.79 Å². The van der Waals surface area contributed by atoms with E-state index >= 15 is 0 Å². The van der Waals surface area contributed by atoms with Gasteiger partial charge in [-0.25, -0.2) is 4.79 Å². The average molecular weight is 310 g/mol. The molecule has 2 rings (SSSR count). The van der Waals surface area contributed by atoms with Crippen LogP contribution in [0.2, 0.25) is 0 Å². The SMILES string of the molecule is Cl.N#CC[C@H]1CNCC[C@@H]1NC(=O)OCc1ccccc1. The van der Waals surface area contributed by atoms with Gasteiger partial charge in [0.2, 0.25) is 0 Å². The number of nitrogens with one attached hydrogen (secondary N) is 2. The average Bonchev–Trinajstić information content (AvgIpc) is 2.49. The Morgan fingerprint density at radius 3 is 2.90 bits per heavy atom. The van der Waals surface area contributed by atoms with E-state index in [1.54, 1.807) is 0 Å². The molecule has 1 amide bonds. The predicted octanol–water partition coefficient (Wildman–Crippen LogP) is 2.23. The van der Waals surface area contributed by atoms with Crippen molar-refractivity contribution in [3.8, 4) is 6.07 Å². The Labute approximate surface area is 131 Å². The van der Waals surface area contributed by atoms with Crippen molar-refractivity contribution >= 4 is 18.5 Å². The first-order valence-electron chi connectivity index (χ1n) is 6.84. The molecule has 2 N–H and O–H groups in total. The highest BCUT2D eigenvalue weighted by molar-refractivity contribution is 5.85. The lowest BCUT2D eigenvalue weighted by Crippen LogP contribution is -2.49. The van der Waals surface area contributed by atoms with Crippen molar-refractivity contribution < 1.29 is 9.53 Å². The number of carbonyl (C=O) groups excluding carboxylic acids is 1. The minimum Gasteiger partial charge on any atom is -0.445 e. The first-order chi connectivity index (χ1) is 9.79. The molecule has 0 unspecified atom stereocenters. The van der Waals surface area contributed by atoms with Crippen LogP contribution in [-0.4, -0.2) is 25.2 Å². The summed E-state index contributed by atoms with van der Waals surface area (Å²) in [6.07, 6.45) is 0.854. The molecule has 0 bridgehead atoms. The molecular weight excluding hydrogens is 290 g/mol. The lowest BCUT2D eigenvalue weighted by molar-refractivity contribution is 0.128. The van der Waals surface area contributed by atoms with Gasteiger partial charge in [-0.05, 0) is 18.5 Å². The zero-order valence-corrected chi connectivity index (χ0v) is 12.6. The Hall–Kier alpha value is -1.77. The van der Waals surface area contributed by atoms with Gasteiger partial charge in [-0.1, -0.05) is 30.3 Å². The fraction of sp³-hybridized carbons (Fsp3) is 0.467. The van der Waals surface area contributed by atoms with Crippen molar-refractivity contribution in [3.63, 3.8) is 0 Å². The van der Waals surface area contributed by atoms with Crippen LogP contribution in [0.15, 0.2) is 30.3 Å². The van der Waals surface area contributed by atoms with Crippen LogP contribution in [0.3, 0.4) is 0 Å². The van der Waals surface area contributed by atoms with Crippen LogP contribution in [0.25, 0.3) is 0 Å². The second-order valence-corrected chi connectivity index (χ2v) is 4.93. The first kappa shape index (κ1) is 17.3. The van der Waals surface area contributed by atoms with Crippen LogP contribution in [0.1, 0.15) is 18.4 Å². The minimum atomic E-state index is -0.413. The maximum Gasteiger partial charge on any atom is 0.407 e. The standard InChI is InChI=1S/C15H19N3O2.ClH/c16-8-6-13-10-17-9-7-14(13)18-15(19)20-11-12-4-2-1-3-5-12;/h1-5,13-14,17H,6-7,9-11H2,(H,18,19);1H/t13-,14-;/m0./s1. The summed E-state index contributed by atoms with van der Waals surface area (Å²) in [7, 11) is 0. The zero-order valence-electron chi connectivity index (χ0n) is 11.7. The molecular formula is C15H20ClN3O2. The fourth-order valence-corrected chi connectivity index (χ4v) is 2.36. The number of benzene rings is 1. The van der Waals surface area contributed by atoms with Gasteiger partial charge in [0, 0.05) is 24.9 Å². The molecule has 1 aromatic carbocycles. The second kappa shape index (κ2) is 9.22. The number of hydrogen-bond acceptors (Lipinski definition) is 4. The molecule has 1 fully saturated rings. The molecule has 1 saturated heterocycles. The third kappa shape index (κ3) is 5.62. The molecule has 0 aliphatic carbocycles. The Bertz CT molecular complexity index is 476. The molecule has 6 heteroatoms. The number of alkyl carbamates (subject to hydrolysis) is 1. The third-order valence-corrected chi connectivity index (χ3v) is 3.48. The highest BCUT2D eigenvalue weighted by Crippen LogP contribution is 2.15. The molecule has 21 heavy (non-hydrogen) atoms. The molecule has 1 aliphatic rings. The van der Waals surface area contributed by atoms with Crippen LogP contribution in [-0.2, 0) is 11.3 Å². The van der Waals surface area contributed by atoms with E-state index < -0.39 is 6.09 Å². The highest BCUT2D eigenvalue weighted by Gasteiger charge is 2.26. The van der Waals surface area contributed by atoms with Gasteiger partial charge >= 0.3 is 6.09 Å². The molecule has 0 saturated carbocycles. The van der Waals surface area contributed by atoms with Crippen LogP contribution in [0, 0.1) is 17.2 Å². The maximum atomic E-state index is 11.8. The second-order valence-electron chi connectivity index (χ2n) is 4.93. The number of nitriles is 1. The number of piperidine rings is 1. The normalized spacial score (nSPS) is 20.7. The monoisotopic (exact) mass is 309 g/mol. The molecule has 1 aromatic rings. The van der Waals surface area contributed by atoms with Gasteiger partial charge in [-0.15, -0.1) is 12.4 Å². The Kier molecular flexibility index (Phi) is 7.59. The summed E-state index contributed by atoms with van der Waals surface area (Å²) in [5.41, 5.74) is 0.960. The van der Waals surface area contributed by atoms with Crippen LogP contribution in [0.5, 0.6) is 0 Å². The maximum absolute atomic E-state index is 11.8. The van der Waals surface area contributed by atoms with Gasteiger partial charge in [0.15, 0.2) is 0 Å². The lowest BCUT2D eigenvalue weighted by atomic mass is 9.91. The van der Waals surface area contributed by atoms with E-state index in [2.05, 4.69) is 16.7 Å². The van der Waals surface area contributed by atoms with Crippen LogP contribution >= 0.6 is 12.4 Å². The largest absolute Gasteiger partial charge is 0.445 e. The molecule has 0 spiro atoms. The number of hydrogen-bond donors (Lipinski definition) is 2. The summed E-state index contributed by atoms with van der Waals surface area (Å²) in [6, 6.07) is 11.7. The Balaban J connectivity index is 0.00000220. The summed E-state index contributed by atoms with van der Waals surface area (Å²) in [5.74, 6) is 0.151. The molecule has 0 aromatic heterocycles. The van der Waals surface area contributed by atoms with Crippen molar-refractivity contribution in [1.82, 2.24) is 10.6 Å². The van der Waals surface area contributed by atoms with E-state index in [1.165, 1.54) is 0 Å². The number of nitrogens with zero attached hydrogens (tertiary/aromatic N) is 1. The molecule has 2 atom stereocenters. The van der Waals surface area contributed by atoms with Crippen molar-refractivity contribution in [2.24, 2.45) is 5.92 Å². The smallest absolute Gasteiger partial charge is 0.407 e. The van der Waals surface area contributed by atoms with E-state index in [0.717, 1.165) is 25.1 Å². The summed E-state index contributed by atoms with van der Waals surface area (Å²) in [5, 5.41) is 14.9. The van der Waals surface area contributed by atoms with E-state index in [1.807, 2.05) is 30.3 Å². The predicted molar refractivity (Wildman–Crippen MR) is 82.0 cm³/mol. The van der Waals surface area contributed by atoms with Crippen molar-refractivity contribution in [3.05, 3.63) is 35.9 Å². The van der Waals surface area contributed by atoms with Gasteiger partial charge < -0.3 is 15.4 Å². The molecule has 1 aliphatic heterocycles. The van der Waals surface area contributed by atoms with E-state index in [-0.39, 0.29) is 31.0 Å². The Morgan fingerprint density at radius 2 is 2.19 bits per heavy atom. The molecule has 5 nitrogen and oxygen atoms in total. The number of amides is 1. The first-order valence-corrected chi connectivity index (χ1v) is 6.84.